The van der Waals surface area contributed by atoms with E-state index in [2.05, 4.69) is 36.1 Å². The molecule has 0 aliphatic rings. The summed E-state index contributed by atoms with van der Waals surface area (Å²) in [5.41, 5.74) is 0.0641. The van der Waals surface area contributed by atoms with Crippen molar-refractivity contribution in [1.82, 2.24) is 9.97 Å². The smallest absolute Gasteiger partial charge is 0.223 e. The maximum Gasteiger partial charge on any atom is 0.223 e. The van der Waals surface area contributed by atoms with Crippen molar-refractivity contribution in [1.29, 1.82) is 0 Å². The number of hydrogen-bond donors (Lipinski definition) is 1. The van der Waals surface area contributed by atoms with Gasteiger partial charge in [-0.05, 0) is 19.8 Å². The molecule has 15 heavy (non-hydrogen) atoms. The molecule has 1 rings (SSSR count). The number of ether oxygens (including phenoxy) is 1. The minimum absolute atomic E-state index is 0.0641. The van der Waals surface area contributed by atoms with Crippen LogP contribution in [0.3, 0.4) is 0 Å². The fourth-order valence-corrected chi connectivity index (χ4v) is 1.18. The van der Waals surface area contributed by atoms with Crippen molar-refractivity contribution in [2.24, 2.45) is 0 Å². The predicted octanol–water partition coefficient (Wildman–Crippen LogP) is 2.48. The average molecular weight is 209 g/mol. The van der Waals surface area contributed by atoms with Crippen LogP contribution in [-0.2, 0) is 0 Å². The van der Waals surface area contributed by atoms with E-state index in [0.717, 1.165) is 12.8 Å². The number of hydrogen-bond acceptors (Lipinski definition) is 4. The molecule has 0 spiro atoms. The molecule has 0 unspecified atom stereocenters. The summed E-state index contributed by atoms with van der Waals surface area (Å²) in [6, 6.07) is 0. The zero-order valence-electron chi connectivity index (χ0n) is 9.87. The highest BCUT2D eigenvalue weighted by Gasteiger charge is 2.19. The van der Waals surface area contributed by atoms with Crippen molar-refractivity contribution in [3.8, 4) is 5.75 Å². The molecule has 1 aromatic rings. The molecule has 1 N–H and O–H groups in total. The first-order valence-electron chi connectivity index (χ1n) is 5.27. The van der Waals surface area contributed by atoms with Gasteiger partial charge >= 0.3 is 0 Å². The Kier molecular flexibility index (Phi) is 3.88. The van der Waals surface area contributed by atoms with Crippen LogP contribution in [0.4, 0.5) is 5.95 Å². The van der Waals surface area contributed by atoms with Crippen molar-refractivity contribution in [3.05, 3.63) is 12.4 Å². The lowest BCUT2D eigenvalue weighted by Crippen LogP contribution is -2.33. The SMILES string of the molecule is CCC(C)(CC)Nc1ncc(OC)cn1. The summed E-state index contributed by atoms with van der Waals surface area (Å²) in [7, 11) is 1.61. The third kappa shape index (κ3) is 3.08. The molecule has 1 aromatic heterocycles. The number of aromatic nitrogens is 2. The van der Waals surface area contributed by atoms with E-state index in [0.29, 0.717) is 11.7 Å². The second-order valence-corrected chi connectivity index (χ2v) is 3.84. The van der Waals surface area contributed by atoms with Gasteiger partial charge in [0.2, 0.25) is 5.95 Å². The summed E-state index contributed by atoms with van der Waals surface area (Å²) in [4.78, 5) is 8.37. The highest BCUT2D eigenvalue weighted by molar-refractivity contribution is 5.30. The summed E-state index contributed by atoms with van der Waals surface area (Å²) >= 11 is 0. The van der Waals surface area contributed by atoms with E-state index in [1.165, 1.54) is 0 Å². The maximum absolute atomic E-state index is 5.00. The topological polar surface area (TPSA) is 47.0 Å². The van der Waals surface area contributed by atoms with Crippen LogP contribution in [0.15, 0.2) is 12.4 Å². The molecule has 4 nitrogen and oxygen atoms in total. The first-order valence-corrected chi connectivity index (χ1v) is 5.27. The Hall–Kier alpha value is -1.32. The van der Waals surface area contributed by atoms with E-state index in [4.69, 9.17) is 4.74 Å². The Labute approximate surface area is 91.1 Å². The molecule has 0 saturated carbocycles. The molecule has 0 atom stereocenters. The summed E-state index contributed by atoms with van der Waals surface area (Å²) in [5.74, 6) is 1.33. The zero-order chi connectivity index (χ0) is 11.3. The van der Waals surface area contributed by atoms with Crippen LogP contribution in [0.2, 0.25) is 0 Å². The van der Waals surface area contributed by atoms with E-state index in [-0.39, 0.29) is 5.54 Å². The van der Waals surface area contributed by atoms with Crippen LogP contribution >= 0.6 is 0 Å². The molecule has 0 amide bonds. The van der Waals surface area contributed by atoms with Crippen LogP contribution in [-0.4, -0.2) is 22.6 Å². The number of nitrogens with zero attached hydrogens (tertiary/aromatic N) is 2. The molecular formula is C11H19N3O. The lowest BCUT2D eigenvalue weighted by atomic mass is 9.96. The van der Waals surface area contributed by atoms with Crippen molar-refractivity contribution in [3.63, 3.8) is 0 Å². The van der Waals surface area contributed by atoms with Crippen LogP contribution in [0.5, 0.6) is 5.75 Å². The highest BCUT2D eigenvalue weighted by atomic mass is 16.5. The fourth-order valence-electron chi connectivity index (χ4n) is 1.18. The molecule has 0 aromatic carbocycles. The van der Waals surface area contributed by atoms with Crippen LogP contribution in [0.25, 0.3) is 0 Å². The number of methoxy groups -OCH3 is 1. The molecule has 4 heteroatoms. The number of anilines is 1. The Morgan fingerprint density at radius 3 is 2.20 bits per heavy atom. The van der Waals surface area contributed by atoms with Crippen molar-refractivity contribution >= 4 is 5.95 Å². The second kappa shape index (κ2) is 4.96. The summed E-state index contributed by atoms with van der Waals surface area (Å²) < 4.78 is 5.00. The minimum atomic E-state index is 0.0641. The van der Waals surface area contributed by atoms with Crippen molar-refractivity contribution in [2.75, 3.05) is 12.4 Å². The summed E-state index contributed by atoms with van der Waals surface area (Å²) in [6.45, 7) is 6.47. The molecule has 0 bridgehead atoms. The molecule has 84 valence electrons. The average Bonchev–Trinajstić information content (AvgIpc) is 2.30. The molecule has 0 aliphatic carbocycles. The highest BCUT2D eigenvalue weighted by Crippen LogP contribution is 2.19. The van der Waals surface area contributed by atoms with Gasteiger partial charge in [0.1, 0.15) is 0 Å². The summed E-state index contributed by atoms with van der Waals surface area (Å²) in [5, 5.41) is 3.33. The maximum atomic E-state index is 5.00. The van der Waals surface area contributed by atoms with Crippen LogP contribution in [0.1, 0.15) is 33.6 Å². The summed E-state index contributed by atoms with van der Waals surface area (Å²) in [6.07, 6.45) is 5.42. The van der Waals surface area contributed by atoms with Gasteiger partial charge in [-0.2, -0.15) is 0 Å². The Balaban J connectivity index is 2.71. The van der Waals surface area contributed by atoms with Gasteiger partial charge in [0.25, 0.3) is 0 Å². The second-order valence-electron chi connectivity index (χ2n) is 3.84. The van der Waals surface area contributed by atoms with Crippen LogP contribution in [0, 0.1) is 0 Å². The Morgan fingerprint density at radius 2 is 1.80 bits per heavy atom. The van der Waals surface area contributed by atoms with E-state index in [9.17, 15) is 0 Å². The lowest BCUT2D eigenvalue weighted by molar-refractivity contribution is 0.410. The largest absolute Gasteiger partial charge is 0.494 e. The fraction of sp³-hybridized carbons (Fsp3) is 0.636. The lowest BCUT2D eigenvalue weighted by Gasteiger charge is -2.28. The third-order valence-corrected chi connectivity index (χ3v) is 2.84. The molecule has 0 fully saturated rings. The van der Waals surface area contributed by atoms with Crippen LogP contribution < -0.4 is 10.1 Å². The number of rotatable bonds is 5. The molecule has 0 aliphatic heterocycles. The molecule has 0 radical (unpaired) electrons. The predicted molar refractivity (Wildman–Crippen MR) is 61.2 cm³/mol. The minimum Gasteiger partial charge on any atom is -0.494 e. The standard InChI is InChI=1S/C11H19N3O/c1-5-11(3,6-2)14-10-12-7-9(15-4)8-13-10/h7-8H,5-6H2,1-4H3,(H,12,13,14). The van der Waals surface area contributed by atoms with E-state index in [1.54, 1.807) is 19.5 Å². The monoisotopic (exact) mass is 209 g/mol. The van der Waals surface area contributed by atoms with Gasteiger partial charge in [-0.15, -0.1) is 0 Å². The first kappa shape index (κ1) is 11.8. The van der Waals surface area contributed by atoms with Gasteiger partial charge in [0.15, 0.2) is 5.75 Å². The van der Waals surface area contributed by atoms with Gasteiger partial charge < -0.3 is 10.1 Å². The van der Waals surface area contributed by atoms with Crippen molar-refractivity contribution < 1.29 is 4.74 Å². The van der Waals surface area contributed by atoms with Gasteiger partial charge in [0, 0.05) is 5.54 Å². The van der Waals surface area contributed by atoms with Gasteiger partial charge in [-0.25, -0.2) is 9.97 Å². The van der Waals surface area contributed by atoms with Crippen molar-refractivity contribution in [2.45, 2.75) is 39.2 Å². The first-order chi connectivity index (χ1) is 7.13. The zero-order valence-corrected chi connectivity index (χ0v) is 9.87. The van der Waals surface area contributed by atoms with Gasteiger partial charge in [-0.3, -0.25) is 0 Å². The Bertz CT molecular complexity index is 293. The van der Waals surface area contributed by atoms with E-state index in [1.807, 2.05) is 0 Å². The van der Waals surface area contributed by atoms with E-state index >= 15 is 0 Å². The molecule has 1 heterocycles. The third-order valence-electron chi connectivity index (χ3n) is 2.84. The quantitative estimate of drug-likeness (QED) is 0.809. The molecular weight excluding hydrogens is 190 g/mol. The van der Waals surface area contributed by atoms with Gasteiger partial charge in [0.05, 0.1) is 19.5 Å². The molecule has 0 saturated heterocycles. The number of nitrogens with one attached hydrogen (secondary N) is 1. The Morgan fingerprint density at radius 1 is 1.27 bits per heavy atom. The normalized spacial score (nSPS) is 11.2. The van der Waals surface area contributed by atoms with Gasteiger partial charge in [-0.1, -0.05) is 13.8 Å². The van der Waals surface area contributed by atoms with E-state index < -0.39 is 0 Å².